The Labute approximate surface area is 113 Å². The van der Waals surface area contributed by atoms with E-state index in [2.05, 4.69) is 15.2 Å². The van der Waals surface area contributed by atoms with Gasteiger partial charge >= 0.3 is 0 Å². The molecule has 100 valence electrons. The van der Waals surface area contributed by atoms with E-state index in [1.54, 1.807) is 6.92 Å². The van der Waals surface area contributed by atoms with Gasteiger partial charge in [-0.15, -0.1) is 10.2 Å². The Balaban J connectivity index is 2.23. The number of rotatable bonds is 3. The Bertz CT molecular complexity index is 720. The zero-order valence-corrected chi connectivity index (χ0v) is 11.4. The predicted octanol–water partition coefficient (Wildman–Crippen LogP) is 2.35. The van der Waals surface area contributed by atoms with Gasteiger partial charge in [0, 0.05) is 0 Å². The number of aromatic nitrogens is 1. The molecule has 2 aromatic rings. The Kier molecular flexibility index (Phi) is 3.60. The minimum atomic E-state index is -4.44. The summed E-state index contributed by atoms with van der Waals surface area (Å²) in [7, 11) is -4.44. The highest BCUT2D eigenvalue weighted by atomic mass is 32.2. The molecule has 1 aromatic heterocycles. The maximum absolute atomic E-state index is 10.7. The highest BCUT2D eigenvalue weighted by Gasteiger charge is 2.04. The molecule has 0 bridgehead atoms. The molecule has 0 saturated heterocycles. The summed E-state index contributed by atoms with van der Waals surface area (Å²) in [6.45, 7) is 1.76. The Morgan fingerprint density at radius 2 is 1.89 bits per heavy atom. The van der Waals surface area contributed by atoms with Crippen molar-refractivity contribution >= 4 is 37.3 Å². The molecule has 2 rings (SSSR count). The molecule has 1 heterocycles. The minimum absolute atomic E-state index is 0.301. The summed E-state index contributed by atoms with van der Waals surface area (Å²) >= 11 is 1.20. The molecule has 0 aliphatic carbocycles. The van der Waals surface area contributed by atoms with Crippen LogP contribution >= 0.6 is 11.3 Å². The van der Waals surface area contributed by atoms with Crippen LogP contribution in [0.2, 0.25) is 0 Å². The van der Waals surface area contributed by atoms with Crippen LogP contribution in [0.25, 0.3) is 0 Å². The van der Waals surface area contributed by atoms with Crippen LogP contribution in [0, 0.1) is 6.92 Å². The normalized spacial score (nSPS) is 12.1. The van der Waals surface area contributed by atoms with Gasteiger partial charge in [-0.3, -0.25) is 0 Å². The first-order chi connectivity index (χ1) is 8.86. The van der Waals surface area contributed by atoms with Gasteiger partial charge < -0.3 is 10.3 Å². The lowest BCUT2D eigenvalue weighted by Gasteiger charge is -2.05. The average molecular weight is 297 g/mol. The fourth-order valence-electron chi connectivity index (χ4n) is 1.28. The number of hydrogen-bond donors (Lipinski definition) is 1. The van der Waals surface area contributed by atoms with E-state index in [4.69, 9.17) is 5.73 Å². The summed E-state index contributed by atoms with van der Waals surface area (Å²) in [5, 5.41) is 8.86. The minimum Gasteiger partial charge on any atom is -0.744 e. The first-order valence-electron chi connectivity index (χ1n) is 5.07. The van der Waals surface area contributed by atoms with Crippen molar-refractivity contribution in [1.29, 1.82) is 0 Å². The summed E-state index contributed by atoms with van der Waals surface area (Å²) in [5.74, 6) is 0. The third-order valence-corrected chi connectivity index (χ3v) is 3.89. The highest BCUT2D eigenvalue weighted by Crippen LogP contribution is 2.30. The Hall–Kier alpha value is -1.84. The molecule has 0 saturated carbocycles. The third-order valence-electron chi connectivity index (χ3n) is 2.17. The molecule has 0 unspecified atom stereocenters. The first-order valence-corrected chi connectivity index (χ1v) is 7.29. The number of nitrogen functional groups attached to an aromatic ring is 1. The summed E-state index contributed by atoms with van der Waals surface area (Å²) in [6, 6.07) is 5.16. The molecule has 0 aliphatic heterocycles. The zero-order chi connectivity index (χ0) is 14.0. The second-order valence-electron chi connectivity index (χ2n) is 3.59. The predicted molar refractivity (Wildman–Crippen MR) is 69.8 cm³/mol. The molecule has 0 radical (unpaired) electrons. The van der Waals surface area contributed by atoms with Crippen molar-refractivity contribution < 1.29 is 13.0 Å². The number of anilines is 1. The van der Waals surface area contributed by atoms with Crippen LogP contribution in [-0.2, 0) is 10.1 Å². The van der Waals surface area contributed by atoms with Crippen molar-refractivity contribution in [3.63, 3.8) is 0 Å². The fraction of sp³-hybridized carbons (Fsp3) is 0.100. The number of aryl methyl sites for hydroxylation is 1. The van der Waals surface area contributed by atoms with Crippen molar-refractivity contribution in [3.05, 3.63) is 30.0 Å². The van der Waals surface area contributed by atoms with Crippen molar-refractivity contribution in [1.82, 2.24) is 4.98 Å². The van der Waals surface area contributed by atoms with Gasteiger partial charge in [0.15, 0.2) is 10.1 Å². The van der Waals surface area contributed by atoms with Crippen LogP contribution in [0.1, 0.15) is 5.69 Å². The van der Waals surface area contributed by atoms with Gasteiger partial charge in [-0.2, -0.15) is 0 Å². The van der Waals surface area contributed by atoms with Gasteiger partial charge in [0.05, 0.1) is 16.3 Å². The van der Waals surface area contributed by atoms with E-state index in [1.165, 1.54) is 35.6 Å². The van der Waals surface area contributed by atoms with Crippen LogP contribution in [-0.4, -0.2) is 18.0 Å². The second kappa shape index (κ2) is 5.03. The standard InChI is InChI=1S/C10H10N4O3S2/c1-6-9(18-10(11)12-6)14-13-7-2-4-8(5-3-7)19(15,16)17/h2-5H,1H3,(H2,11,12)(H,15,16,17)/p-1. The third kappa shape index (κ3) is 3.34. The maximum Gasteiger partial charge on any atom is 0.182 e. The molecule has 0 fully saturated rings. The van der Waals surface area contributed by atoms with Gasteiger partial charge in [0.2, 0.25) is 0 Å². The van der Waals surface area contributed by atoms with E-state index >= 15 is 0 Å². The number of hydrogen-bond acceptors (Lipinski definition) is 8. The largest absolute Gasteiger partial charge is 0.744 e. The highest BCUT2D eigenvalue weighted by molar-refractivity contribution is 7.85. The van der Waals surface area contributed by atoms with E-state index in [0.717, 1.165) is 0 Å². The number of nitrogens with two attached hydrogens (primary N) is 1. The molecule has 7 nitrogen and oxygen atoms in total. The fourth-order valence-corrected chi connectivity index (χ4v) is 2.41. The van der Waals surface area contributed by atoms with Crippen molar-refractivity contribution in [2.45, 2.75) is 11.8 Å². The van der Waals surface area contributed by atoms with Crippen LogP contribution in [0.4, 0.5) is 15.8 Å². The average Bonchev–Trinajstić information content (AvgIpc) is 2.65. The lowest BCUT2D eigenvalue weighted by Crippen LogP contribution is -1.97. The monoisotopic (exact) mass is 297 g/mol. The van der Waals surface area contributed by atoms with Gasteiger partial charge in [0.25, 0.3) is 0 Å². The molecule has 0 spiro atoms. The summed E-state index contributed by atoms with van der Waals surface area (Å²) in [5.41, 5.74) is 6.62. The molecule has 19 heavy (non-hydrogen) atoms. The summed E-state index contributed by atoms with van der Waals surface area (Å²) in [6.07, 6.45) is 0. The smallest absolute Gasteiger partial charge is 0.182 e. The molecular weight excluding hydrogens is 288 g/mol. The van der Waals surface area contributed by atoms with Gasteiger partial charge in [0.1, 0.15) is 10.1 Å². The number of benzene rings is 1. The maximum atomic E-state index is 10.7. The Morgan fingerprint density at radius 3 is 2.37 bits per heavy atom. The second-order valence-corrected chi connectivity index (χ2v) is 5.98. The molecule has 0 amide bonds. The number of nitrogens with zero attached hydrogens (tertiary/aromatic N) is 3. The van der Waals surface area contributed by atoms with E-state index in [-0.39, 0.29) is 4.90 Å². The van der Waals surface area contributed by atoms with Crippen LogP contribution in [0.5, 0.6) is 0 Å². The summed E-state index contributed by atoms with van der Waals surface area (Å²) in [4.78, 5) is 3.69. The number of azo groups is 1. The molecule has 0 atom stereocenters. The van der Waals surface area contributed by atoms with Gasteiger partial charge in [-0.25, -0.2) is 13.4 Å². The SMILES string of the molecule is Cc1nc(N)sc1N=Nc1ccc(S(=O)(=O)[O-])cc1. The first kappa shape index (κ1) is 13.6. The van der Waals surface area contributed by atoms with E-state index in [1.807, 2.05) is 0 Å². The Morgan fingerprint density at radius 1 is 1.26 bits per heavy atom. The van der Waals surface area contributed by atoms with Gasteiger partial charge in [-0.1, -0.05) is 11.3 Å². The molecule has 2 N–H and O–H groups in total. The van der Waals surface area contributed by atoms with E-state index < -0.39 is 10.1 Å². The quantitative estimate of drug-likeness (QED) is 0.688. The van der Waals surface area contributed by atoms with Gasteiger partial charge in [-0.05, 0) is 31.2 Å². The zero-order valence-electron chi connectivity index (χ0n) is 9.77. The van der Waals surface area contributed by atoms with E-state index in [0.29, 0.717) is 21.5 Å². The molecule has 1 aromatic carbocycles. The molecule has 0 aliphatic rings. The molecule has 9 heteroatoms. The summed E-state index contributed by atoms with van der Waals surface area (Å²) < 4.78 is 32.2. The lowest BCUT2D eigenvalue weighted by atomic mass is 10.3. The topological polar surface area (TPSA) is 121 Å². The number of thiazole rings is 1. The van der Waals surface area contributed by atoms with Crippen molar-refractivity contribution in [2.75, 3.05) is 5.73 Å². The van der Waals surface area contributed by atoms with E-state index in [9.17, 15) is 13.0 Å². The van der Waals surface area contributed by atoms with Crippen LogP contribution in [0.3, 0.4) is 0 Å². The molecular formula is C10H9N4O3S2-. The lowest BCUT2D eigenvalue weighted by molar-refractivity contribution is 0.463. The van der Waals surface area contributed by atoms with Crippen molar-refractivity contribution in [3.8, 4) is 0 Å². The van der Waals surface area contributed by atoms with Crippen LogP contribution in [0.15, 0.2) is 39.4 Å². The van der Waals surface area contributed by atoms with Crippen molar-refractivity contribution in [2.24, 2.45) is 10.2 Å². The van der Waals surface area contributed by atoms with Crippen LogP contribution < -0.4 is 5.73 Å².